The van der Waals surface area contributed by atoms with Gasteiger partial charge in [0.15, 0.2) is 0 Å². The molecule has 3 aliphatic rings. The van der Waals surface area contributed by atoms with E-state index in [0.29, 0.717) is 0 Å². The van der Waals surface area contributed by atoms with Crippen molar-refractivity contribution in [1.82, 2.24) is 9.46 Å². The van der Waals surface area contributed by atoms with E-state index in [0.717, 1.165) is 0 Å². The minimum atomic E-state index is -5.03. The Balaban J connectivity index is 1.87. The Hall–Kier alpha value is -1.26. The molecule has 0 spiro atoms. The molecule has 3 aliphatic carbocycles. The summed E-state index contributed by atoms with van der Waals surface area (Å²) >= 11 is 32.1. The van der Waals surface area contributed by atoms with Crippen LogP contribution in [0.3, 0.4) is 0 Å². The summed E-state index contributed by atoms with van der Waals surface area (Å²) in [5.41, 5.74) is -0.690. The molecule has 12 nitrogen and oxygen atoms in total. The number of allylic oxidation sites excluding steroid dienone is 2. The maximum Gasteiger partial charge on any atom is 0.377 e. The number of aromatic hydroxyl groups is 4. The molecule has 2 heterocycles. The van der Waals surface area contributed by atoms with Crippen molar-refractivity contribution in [2.75, 3.05) is 0 Å². The van der Waals surface area contributed by atoms with Gasteiger partial charge >= 0.3 is 26.5 Å². The van der Waals surface area contributed by atoms with E-state index in [2.05, 4.69) is 8.57 Å². The third kappa shape index (κ3) is 3.53. The Morgan fingerprint density at radius 1 is 0.618 bits per heavy atom. The van der Waals surface area contributed by atoms with Gasteiger partial charge in [0.05, 0.1) is 0 Å². The molecular weight excluding hydrogens is 633 g/mol. The number of hydrogen-bond donors (Lipinski definition) is 4. The first kappa shape index (κ1) is 25.8. The predicted octanol–water partition coefficient (Wildman–Crippen LogP) is 2.43. The average molecular weight is 641 g/mol. The molecule has 0 aliphatic heterocycles. The van der Waals surface area contributed by atoms with Crippen LogP contribution in [0.15, 0.2) is 12.2 Å². The third-order valence-corrected chi connectivity index (χ3v) is 10.2. The summed E-state index contributed by atoms with van der Waals surface area (Å²) in [6.45, 7) is 0. The van der Waals surface area contributed by atoms with Gasteiger partial charge in [-0.05, 0) is 0 Å². The second-order valence-electron chi connectivity index (χ2n) is 6.83. The van der Waals surface area contributed by atoms with Gasteiger partial charge in [-0.25, -0.2) is 0 Å². The van der Waals surface area contributed by atoms with Gasteiger partial charge in [-0.1, -0.05) is 91.2 Å². The number of hydrogen-bond acceptors (Lipinski definition) is 10. The van der Waals surface area contributed by atoms with Crippen LogP contribution in [0.25, 0.3) is 0 Å². The number of alkyl halides is 6. The second-order valence-corrected chi connectivity index (χ2v) is 16.1. The average Bonchev–Trinajstić information content (AvgIpc) is 3.09. The van der Waals surface area contributed by atoms with Gasteiger partial charge in [0, 0.05) is 34.1 Å². The highest BCUT2D eigenvalue weighted by Gasteiger charge is 2.50. The van der Waals surface area contributed by atoms with E-state index in [9.17, 15) is 37.3 Å². The summed E-state index contributed by atoms with van der Waals surface area (Å²) in [7, 11) is -10.1. The molecule has 0 saturated carbocycles. The van der Waals surface area contributed by atoms with Gasteiger partial charge in [0.2, 0.25) is 23.5 Å². The lowest BCUT2D eigenvalue weighted by Gasteiger charge is -2.30. The van der Waals surface area contributed by atoms with Crippen molar-refractivity contribution in [3.63, 3.8) is 0 Å². The van der Waals surface area contributed by atoms with Crippen LogP contribution in [-0.4, -0.2) is 53.0 Å². The summed E-state index contributed by atoms with van der Waals surface area (Å²) in [5.74, 6) is -6.19. The lowest BCUT2D eigenvalue weighted by atomic mass is 9.70. The number of rotatable bonds is 4. The molecule has 0 saturated heterocycles. The van der Waals surface area contributed by atoms with Crippen molar-refractivity contribution in [2.45, 2.75) is 18.1 Å². The topological polar surface area (TPSA) is 178 Å². The van der Waals surface area contributed by atoms with Crippen molar-refractivity contribution in [1.29, 1.82) is 0 Å². The maximum atomic E-state index is 12.1. The van der Waals surface area contributed by atoms with Gasteiger partial charge in [-0.2, -0.15) is 16.8 Å². The lowest BCUT2D eigenvalue weighted by molar-refractivity contribution is 0.199. The quantitative estimate of drug-likeness (QED) is 0.287. The SMILES string of the molecule is O=S(=O)(On1c(O)c2c(c1O)C1C=CC2c2c1c(O)n(OS(=O)(=O)C(Cl)(Cl)Cl)c2O)C(Cl)(Cl)Cl. The second kappa shape index (κ2) is 7.62. The van der Waals surface area contributed by atoms with Gasteiger partial charge < -0.3 is 20.4 Å². The van der Waals surface area contributed by atoms with Crippen LogP contribution >= 0.6 is 69.6 Å². The van der Waals surface area contributed by atoms with E-state index < -0.39 is 61.8 Å². The van der Waals surface area contributed by atoms with E-state index in [1.807, 2.05) is 0 Å². The largest absolute Gasteiger partial charge is 0.492 e. The monoisotopic (exact) mass is 638 g/mol. The smallest absolute Gasteiger partial charge is 0.377 e. The Labute approximate surface area is 220 Å². The molecule has 0 fully saturated rings. The van der Waals surface area contributed by atoms with Crippen molar-refractivity contribution >= 4 is 89.8 Å². The third-order valence-electron chi connectivity index (χ3n) is 4.97. The van der Waals surface area contributed by atoms with Crippen molar-refractivity contribution in [3.8, 4) is 23.5 Å². The summed E-state index contributed by atoms with van der Waals surface area (Å²) in [4.78, 5) is 0. The molecule has 0 unspecified atom stereocenters. The zero-order valence-electron chi connectivity index (χ0n) is 15.5. The van der Waals surface area contributed by atoms with Crippen LogP contribution in [0.5, 0.6) is 23.5 Å². The molecule has 2 aromatic rings. The standard InChI is InChI=1S/C14H8Cl6N2O10S2/c15-13(16,17)33(27,28)31-21-9(23)5-3-1-2-4(7(5)11(21)25)8-6(3)10(24)22(12(8)26)32-34(29,30)14(18,19)20/h1-4,23-26H. The summed E-state index contributed by atoms with van der Waals surface area (Å²) in [6.07, 6.45) is 2.80. The van der Waals surface area contributed by atoms with E-state index in [-0.39, 0.29) is 31.7 Å². The van der Waals surface area contributed by atoms with Gasteiger partial charge in [0.25, 0.3) is 0 Å². The molecule has 188 valence electrons. The normalized spacial score (nSPS) is 19.7. The lowest BCUT2D eigenvalue weighted by Crippen LogP contribution is -2.30. The highest BCUT2D eigenvalue weighted by Crippen LogP contribution is 2.60. The number of nitrogens with zero attached hydrogens (tertiary/aromatic N) is 2. The van der Waals surface area contributed by atoms with Crippen molar-refractivity contribution in [2.24, 2.45) is 0 Å². The minimum absolute atomic E-state index is 0.0761. The highest BCUT2D eigenvalue weighted by atomic mass is 35.6. The predicted molar refractivity (Wildman–Crippen MR) is 120 cm³/mol. The molecule has 5 rings (SSSR count). The molecule has 0 aromatic carbocycles. The molecule has 0 atom stereocenters. The summed E-state index contributed by atoms with van der Waals surface area (Å²) in [5, 5.41) is 42.4. The van der Waals surface area contributed by atoms with Crippen LogP contribution in [0.1, 0.15) is 34.1 Å². The summed E-state index contributed by atoms with van der Waals surface area (Å²) in [6, 6.07) is 0. The van der Waals surface area contributed by atoms with Gasteiger partial charge in [-0.15, -0.1) is 0 Å². The molecule has 34 heavy (non-hydrogen) atoms. The van der Waals surface area contributed by atoms with Crippen LogP contribution in [0.4, 0.5) is 0 Å². The van der Waals surface area contributed by atoms with Gasteiger partial charge in [0.1, 0.15) is 0 Å². The van der Waals surface area contributed by atoms with Gasteiger partial charge in [-0.3, -0.25) is 8.57 Å². The molecular formula is C14H8Cl6N2O10S2. The van der Waals surface area contributed by atoms with E-state index >= 15 is 0 Å². The van der Waals surface area contributed by atoms with Crippen LogP contribution in [-0.2, 0) is 20.2 Å². The fraction of sp³-hybridized carbons (Fsp3) is 0.286. The van der Waals surface area contributed by atoms with E-state index in [4.69, 9.17) is 69.6 Å². The fourth-order valence-corrected chi connectivity index (χ4v) is 5.02. The Morgan fingerprint density at radius 3 is 1.06 bits per heavy atom. The molecule has 20 heteroatoms. The number of halogens is 6. The highest BCUT2D eigenvalue weighted by molar-refractivity contribution is 7.93. The van der Waals surface area contributed by atoms with Crippen molar-refractivity contribution < 1.29 is 45.8 Å². The first-order valence-electron chi connectivity index (χ1n) is 8.35. The van der Waals surface area contributed by atoms with Crippen LogP contribution in [0, 0.1) is 0 Å². The van der Waals surface area contributed by atoms with Crippen LogP contribution < -0.4 is 8.57 Å². The van der Waals surface area contributed by atoms with E-state index in [1.54, 1.807) is 0 Å². The molecule has 4 N–H and O–H groups in total. The maximum absolute atomic E-state index is 12.1. The zero-order valence-corrected chi connectivity index (χ0v) is 21.7. The molecule has 0 amide bonds. The van der Waals surface area contributed by atoms with Crippen LogP contribution in [0.2, 0.25) is 0 Å². The first-order chi connectivity index (χ1) is 15.3. The number of aromatic nitrogens is 2. The van der Waals surface area contributed by atoms with Crippen molar-refractivity contribution in [3.05, 3.63) is 34.4 Å². The molecule has 0 radical (unpaired) electrons. The minimum Gasteiger partial charge on any atom is -0.492 e. The fourth-order valence-electron chi connectivity index (χ4n) is 3.66. The first-order valence-corrected chi connectivity index (χ1v) is 13.4. The summed E-state index contributed by atoms with van der Waals surface area (Å²) < 4.78 is 51.6. The van der Waals surface area contributed by atoms with E-state index in [1.165, 1.54) is 12.2 Å². The Kier molecular flexibility index (Phi) is 5.79. The molecule has 2 aromatic heterocycles. The zero-order chi connectivity index (χ0) is 25.8. The Morgan fingerprint density at radius 2 is 0.853 bits per heavy atom. The molecule has 2 bridgehead atoms. The Bertz CT molecular complexity index is 1300.